The molecule has 0 bridgehead atoms. The molecule has 0 atom stereocenters. The maximum Gasteiger partial charge on any atom is -1.00 e. The number of nitrogens with zero attached hydrogens (tertiary/aromatic N) is 1. The fourth-order valence-corrected chi connectivity index (χ4v) is 5.54. The van der Waals surface area contributed by atoms with E-state index in [-0.39, 0.29) is 52.0 Å². The van der Waals surface area contributed by atoms with Gasteiger partial charge in [-0.15, -0.1) is 18.2 Å². The summed E-state index contributed by atoms with van der Waals surface area (Å²) < 4.78 is 31.3. The second-order valence-electron chi connectivity index (χ2n) is 10.2. The number of halogens is 2. The number of sulfonamides is 1. The number of aryl methyl sites for hydroxylation is 6. The van der Waals surface area contributed by atoms with Crippen molar-refractivity contribution in [2.45, 2.75) is 66.4 Å². The Labute approximate surface area is 280 Å². The van der Waals surface area contributed by atoms with Gasteiger partial charge in [0.1, 0.15) is 0 Å². The first-order valence-electron chi connectivity index (χ1n) is 13.4. The van der Waals surface area contributed by atoms with Gasteiger partial charge in [0.15, 0.2) is 10.0 Å². The van der Waals surface area contributed by atoms with Gasteiger partial charge in [0.05, 0.1) is 6.10 Å². The minimum Gasteiger partial charge on any atom is -1.00 e. The zero-order valence-corrected chi connectivity index (χ0v) is 31.0. The monoisotopic (exact) mass is 736 g/mol. The number of hydrogen-bond acceptors (Lipinski definition) is 5. The smallest absolute Gasteiger partial charge is 1.00 e. The van der Waals surface area contributed by atoms with Crippen LogP contribution in [0.2, 0.25) is 0 Å². The van der Waals surface area contributed by atoms with Crippen molar-refractivity contribution in [2.75, 3.05) is 27.2 Å². The fourth-order valence-electron chi connectivity index (χ4n) is 3.80. The van der Waals surface area contributed by atoms with Gasteiger partial charge in [0.2, 0.25) is 0 Å². The summed E-state index contributed by atoms with van der Waals surface area (Å²) in [6.07, 6.45) is 0.0487. The molecule has 0 radical (unpaired) electrons. The molecule has 3 aromatic rings. The third-order valence-corrected chi connectivity index (χ3v) is 8.30. The molecule has 1 aliphatic rings. The van der Waals surface area contributed by atoms with E-state index in [1.54, 1.807) is 6.07 Å². The molecule has 3 aromatic carbocycles. The van der Waals surface area contributed by atoms with Crippen LogP contribution < -0.4 is 40.2 Å². The molecule has 0 spiro atoms. The minimum absolute atomic E-state index is 0. The van der Waals surface area contributed by atoms with Gasteiger partial charge in [0, 0.05) is 19.8 Å². The predicted molar refractivity (Wildman–Crippen MR) is 169 cm³/mol. The van der Waals surface area contributed by atoms with Gasteiger partial charge in [-0.1, -0.05) is 41.5 Å². The Morgan fingerprint density at radius 1 is 0.837 bits per heavy atom. The molecule has 0 amide bonds. The second kappa shape index (κ2) is 21.9. The Balaban J connectivity index is 0. The molecule has 1 aliphatic heterocycles. The van der Waals surface area contributed by atoms with Gasteiger partial charge in [-0.2, -0.15) is 75.8 Å². The van der Waals surface area contributed by atoms with Crippen LogP contribution in [0.5, 0.6) is 5.75 Å². The number of ether oxygens (including phenoxy) is 1. The molecule has 0 unspecified atom stereocenters. The largest absolute Gasteiger partial charge is 1.00 e. The van der Waals surface area contributed by atoms with Crippen molar-refractivity contribution < 1.29 is 54.2 Å². The Morgan fingerprint density at radius 2 is 1.26 bits per heavy atom. The van der Waals surface area contributed by atoms with Gasteiger partial charge in [-0.25, -0.2) is 12.7 Å². The summed E-state index contributed by atoms with van der Waals surface area (Å²) in [6.45, 7) is 18.5. The van der Waals surface area contributed by atoms with Crippen molar-refractivity contribution in [1.29, 1.82) is 0 Å². The van der Waals surface area contributed by atoms with Crippen LogP contribution in [0.25, 0.3) is 0 Å². The number of nitrogens with one attached hydrogen (secondary N) is 2. The summed E-state index contributed by atoms with van der Waals surface area (Å²) in [4.78, 5) is 0.216. The summed E-state index contributed by atoms with van der Waals surface area (Å²) in [5.41, 5.74) is 7.56. The van der Waals surface area contributed by atoms with E-state index in [1.807, 2.05) is 13.8 Å². The summed E-state index contributed by atoms with van der Waals surface area (Å²) >= 11 is 0.196. The van der Waals surface area contributed by atoms with Crippen LogP contribution in [0, 0.1) is 59.7 Å². The molecular weight excluding hydrogens is 690 g/mol. The quantitative estimate of drug-likeness (QED) is 0.270. The molecule has 10 heteroatoms. The molecule has 0 aliphatic carbocycles. The van der Waals surface area contributed by atoms with E-state index in [0.29, 0.717) is 5.75 Å². The van der Waals surface area contributed by atoms with Crippen LogP contribution in [0.15, 0.2) is 47.4 Å². The minimum atomic E-state index is -3.38. The van der Waals surface area contributed by atoms with E-state index in [4.69, 9.17) is 4.74 Å². The van der Waals surface area contributed by atoms with Crippen molar-refractivity contribution in [3.05, 3.63) is 94.0 Å². The van der Waals surface area contributed by atoms with Crippen molar-refractivity contribution in [3.63, 3.8) is 0 Å². The first kappa shape index (κ1) is 43.4. The molecule has 1 saturated heterocycles. The maximum atomic E-state index is 11.7. The average molecular weight is 737 g/mol. The topological polar surface area (TPSA) is 70.7 Å². The molecule has 2 N–H and O–H groups in total. The third kappa shape index (κ3) is 18.0. The molecular formula is C33H46Cl2N3O3RuS-5. The van der Waals surface area contributed by atoms with E-state index in [2.05, 4.69) is 99.8 Å². The molecule has 244 valence electrons. The molecule has 4 rings (SSSR count). The SMILES string of the molecule is CC(C)Oc1[c-]cc(S(=O)(=O)N(C)C)cc1.Cc1[c-]c(C)cc(C)c1.Cc1[c-]c(C)cc(C)c1.[CH2]=[Ru]=[C]1NCCN1.[Cl-].[Cl-]. The van der Waals surface area contributed by atoms with Crippen molar-refractivity contribution >= 4 is 19.5 Å². The summed E-state index contributed by atoms with van der Waals surface area (Å²) in [5, 5.41) is 10.2. The van der Waals surface area contributed by atoms with Crippen LogP contribution in [-0.2, 0) is 26.2 Å². The molecule has 1 fully saturated rings. The number of rotatable bonds is 4. The summed E-state index contributed by atoms with van der Waals surface area (Å²) in [6, 6.07) is 22.3. The normalized spacial score (nSPS) is 12.0. The Hall–Kier alpha value is -1.77. The van der Waals surface area contributed by atoms with E-state index < -0.39 is 10.0 Å². The van der Waals surface area contributed by atoms with Gasteiger partial charge >= 0.3 is 49.4 Å². The standard InChI is InChI=1S/C11H16NO3S.2C9H11.C3H6N2.CH2.2ClH.Ru/c1-9(2)15-10-5-7-11(8-6-10)16(13,14)12(3)4;2*1-7-4-8(2)6-9(3)5-7;1-2-5-3-4-1;;;;/h5,7-9H,1-4H3;2*4-5H,1-3H3;4-5H,1-2H2;1H2;2*1H;/q3*-1;;;;;/p-2. The maximum absolute atomic E-state index is 11.7. The van der Waals surface area contributed by atoms with Crippen LogP contribution in [0.3, 0.4) is 0 Å². The average Bonchev–Trinajstić information content (AvgIpc) is 3.38. The summed E-state index contributed by atoms with van der Waals surface area (Å²) in [7, 11) is -0.388. The Morgan fingerprint density at radius 3 is 1.51 bits per heavy atom. The number of benzene rings is 3. The summed E-state index contributed by atoms with van der Waals surface area (Å²) in [5.74, 6) is 0.549. The fraction of sp³-hybridized carbons (Fsp3) is 0.394. The molecule has 0 aromatic heterocycles. The van der Waals surface area contributed by atoms with E-state index in [0.717, 1.165) is 13.1 Å². The van der Waals surface area contributed by atoms with Crippen molar-refractivity contribution in [2.24, 2.45) is 0 Å². The van der Waals surface area contributed by atoms with Crippen LogP contribution in [0.1, 0.15) is 47.2 Å². The molecule has 43 heavy (non-hydrogen) atoms. The van der Waals surface area contributed by atoms with E-state index in [9.17, 15) is 8.42 Å². The second-order valence-corrected chi connectivity index (χ2v) is 13.8. The molecule has 0 saturated carbocycles. The van der Waals surface area contributed by atoms with Gasteiger partial charge in [-0.3, -0.25) is 0 Å². The zero-order valence-electron chi connectivity index (χ0n) is 26.9. The van der Waals surface area contributed by atoms with Gasteiger partial charge in [0.25, 0.3) is 0 Å². The third-order valence-electron chi connectivity index (χ3n) is 5.26. The van der Waals surface area contributed by atoms with Gasteiger partial charge in [-0.05, 0) is 18.7 Å². The van der Waals surface area contributed by atoms with Crippen molar-refractivity contribution in [1.82, 2.24) is 14.9 Å². The first-order chi connectivity index (χ1) is 19.1. The predicted octanol–water partition coefficient (Wildman–Crippen LogP) is -0.863. The Kier molecular flexibility index (Phi) is 22.0. The van der Waals surface area contributed by atoms with Crippen molar-refractivity contribution in [3.8, 4) is 5.75 Å². The van der Waals surface area contributed by atoms with Crippen LogP contribution in [-0.4, -0.2) is 55.5 Å². The zero-order chi connectivity index (χ0) is 31.2. The number of hydrogen-bond donors (Lipinski definition) is 2. The van der Waals surface area contributed by atoms with Crippen LogP contribution in [0.4, 0.5) is 0 Å². The molecule has 6 nitrogen and oxygen atoms in total. The van der Waals surface area contributed by atoms with Crippen LogP contribution >= 0.6 is 0 Å². The van der Waals surface area contributed by atoms with E-state index >= 15 is 0 Å². The van der Waals surface area contributed by atoms with Gasteiger partial charge < -0.3 is 29.6 Å². The van der Waals surface area contributed by atoms with E-state index in [1.165, 1.54) is 68.3 Å². The Bertz CT molecular complexity index is 1250. The first-order valence-corrected chi connectivity index (χ1v) is 16.9. The molecule has 1 heterocycles.